The summed E-state index contributed by atoms with van der Waals surface area (Å²) in [6.07, 6.45) is 0. The molecule has 0 atom stereocenters. The number of imide groups is 1. The monoisotopic (exact) mass is 380 g/mol. The molecule has 2 aromatic rings. The lowest BCUT2D eigenvalue weighted by Gasteiger charge is -2.17. The van der Waals surface area contributed by atoms with Crippen molar-refractivity contribution >= 4 is 58.0 Å². The summed E-state index contributed by atoms with van der Waals surface area (Å²) in [5.74, 6) is -1.24. The highest BCUT2D eigenvalue weighted by atomic mass is 35.5. The van der Waals surface area contributed by atoms with E-state index in [2.05, 4.69) is 5.32 Å². The number of hydrogen-bond acceptors (Lipinski definition) is 3. The molecule has 0 spiro atoms. The van der Waals surface area contributed by atoms with Gasteiger partial charge in [-0.3, -0.25) is 9.59 Å². The van der Waals surface area contributed by atoms with Crippen molar-refractivity contribution in [3.63, 3.8) is 0 Å². The Bertz CT molecular complexity index is 893. The number of nitrogens with zero attached hydrogens (tertiary/aromatic N) is 1. The molecule has 7 heteroatoms. The number of halogens is 3. The van der Waals surface area contributed by atoms with Crippen molar-refractivity contribution in [1.29, 1.82) is 0 Å². The van der Waals surface area contributed by atoms with Crippen molar-refractivity contribution < 1.29 is 9.59 Å². The smallest absolute Gasteiger partial charge is 0.283 e. The van der Waals surface area contributed by atoms with Crippen LogP contribution in [0, 0.1) is 6.92 Å². The first-order chi connectivity index (χ1) is 11.4. The third-order valence-electron chi connectivity index (χ3n) is 3.46. The van der Waals surface area contributed by atoms with E-state index in [1.165, 1.54) is 12.1 Å². The third-order valence-corrected chi connectivity index (χ3v) is 4.37. The molecular weight excluding hydrogens is 371 g/mol. The maximum absolute atomic E-state index is 12.7. The Morgan fingerprint density at radius 1 is 0.958 bits per heavy atom. The number of aryl methyl sites for hydroxylation is 1. The molecule has 2 amide bonds. The van der Waals surface area contributed by atoms with Crippen LogP contribution in [0.3, 0.4) is 0 Å². The first kappa shape index (κ1) is 16.8. The van der Waals surface area contributed by atoms with Crippen LogP contribution >= 0.6 is 34.8 Å². The molecule has 0 unspecified atom stereocenters. The summed E-state index contributed by atoms with van der Waals surface area (Å²) in [5, 5.41) is 3.29. The largest absolute Gasteiger partial charge is 0.350 e. The van der Waals surface area contributed by atoms with Crippen molar-refractivity contribution in [1.82, 2.24) is 0 Å². The quantitative estimate of drug-likeness (QED) is 0.781. The van der Waals surface area contributed by atoms with Crippen LogP contribution in [0.2, 0.25) is 10.0 Å². The molecule has 24 heavy (non-hydrogen) atoms. The number of nitrogens with one attached hydrogen (secondary N) is 1. The SMILES string of the molecule is Cc1cccc(NC2=C(Cl)C(=O)N(c3cc(Cl)ccc3Cl)C2=O)c1. The van der Waals surface area contributed by atoms with E-state index in [4.69, 9.17) is 34.8 Å². The van der Waals surface area contributed by atoms with E-state index >= 15 is 0 Å². The van der Waals surface area contributed by atoms with E-state index < -0.39 is 11.8 Å². The molecule has 1 heterocycles. The second-order valence-corrected chi connectivity index (χ2v) is 6.45. The first-order valence-electron chi connectivity index (χ1n) is 6.96. The van der Waals surface area contributed by atoms with Gasteiger partial charge in [0.2, 0.25) is 0 Å². The normalized spacial score (nSPS) is 14.6. The molecule has 1 aliphatic heterocycles. The number of rotatable bonds is 3. The lowest BCUT2D eigenvalue weighted by molar-refractivity contribution is -0.120. The van der Waals surface area contributed by atoms with Crippen LogP contribution in [0.4, 0.5) is 11.4 Å². The average Bonchev–Trinajstić information content (AvgIpc) is 2.74. The van der Waals surface area contributed by atoms with Crippen molar-refractivity contribution in [2.75, 3.05) is 10.2 Å². The number of benzene rings is 2. The molecule has 0 fully saturated rings. The van der Waals surface area contributed by atoms with Gasteiger partial charge in [-0.1, -0.05) is 46.9 Å². The van der Waals surface area contributed by atoms with Crippen LogP contribution in [-0.4, -0.2) is 11.8 Å². The maximum Gasteiger partial charge on any atom is 0.283 e. The molecule has 1 aliphatic rings. The fourth-order valence-electron chi connectivity index (χ4n) is 2.35. The number of anilines is 2. The van der Waals surface area contributed by atoms with Gasteiger partial charge >= 0.3 is 0 Å². The first-order valence-corrected chi connectivity index (χ1v) is 8.09. The molecule has 122 valence electrons. The summed E-state index contributed by atoms with van der Waals surface area (Å²) in [4.78, 5) is 26.0. The predicted molar refractivity (Wildman–Crippen MR) is 96.6 cm³/mol. The fourth-order valence-corrected chi connectivity index (χ4v) is 2.94. The maximum atomic E-state index is 12.7. The lowest BCUT2D eigenvalue weighted by atomic mass is 10.2. The minimum absolute atomic E-state index is 0.00306. The van der Waals surface area contributed by atoms with Crippen LogP contribution in [-0.2, 0) is 9.59 Å². The van der Waals surface area contributed by atoms with Crippen LogP contribution in [0.15, 0.2) is 53.2 Å². The molecule has 0 saturated heterocycles. The minimum atomic E-state index is -0.652. The van der Waals surface area contributed by atoms with E-state index in [0.717, 1.165) is 10.5 Å². The molecule has 0 bridgehead atoms. The second-order valence-electron chi connectivity index (χ2n) is 5.22. The van der Waals surface area contributed by atoms with Crippen LogP contribution in [0.5, 0.6) is 0 Å². The number of amides is 2. The summed E-state index contributed by atoms with van der Waals surface area (Å²) in [6.45, 7) is 1.92. The van der Waals surface area contributed by atoms with Gasteiger partial charge in [-0.05, 0) is 42.8 Å². The summed E-state index contributed by atoms with van der Waals surface area (Å²) in [5.41, 5.74) is 1.85. The van der Waals surface area contributed by atoms with E-state index in [1.807, 2.05) is 25.1 Å². The zero-order valence-corrected chi connectivity index (χ0v) is 14.7. The van der Waals surface area contributed by atoms with Gasteiger partial charge in [0.05, 0.1) is 10.7 Å². The van der Waals surface area contributed by atoms with Gasteiger partial charge in [0.15, 0.2) is 0 Å². The molecule has 0 aromatic heterocycles. The lowest BCUT2D eigenvalue weighted by Crippen LogP contribution is -2.32. The van der Waals surface area contributed by atoms with Gasteiger partial charge < -0.3 is 5.32 Å². The summed E-state index contributed by atoms with van der Waals surface area (Å²) < 4.78 is 0. The molecule has 4 nitrogen and oxygen atoms in total. The minimum Gasteiger partial charge on any atom is -0.350 e. The van der Waals surface area contributed by atoms with Gasteiger partial charge in [0.1, 0.15) is 10.7 Å². The molecule has 0 aliphatic carbocycles. The van der Waals surface area contributed by atoms with Crippen LogP contribution in [0.1, 0.15) is 5.56 Å². The standard InChI is InChI=1S/C17H11Cl3N2O2/c1-9-3-2-4-11(7-9)21-15-14(20)16(23)22(17(15)24)13-8-10(18)5-6-12(13)19/h2-8,21H,1H3. The Balaban J connectivity index is 1.97. The van der Waals surface area contributed by atoms with Crippen LogP contribution < -0.4 is 10.2 Å². The highest BCUT2D eigenvalue weighted by molar-refractivity contribution is 6.54. The number of carbonyl (C=O) groups excluding carboxylic acids is 2. The predicted octanol–water partition coefficient (Wildman–Crippen LogP) is 4.74. The van der Waals surface area contributed by atoms with Gasteiger partial charge in [0, 0.05) is 10.7 Å². The van der Waals surface area contributed by atoms with Gasteiger partial charge in [-0.2, -0.15) is 0 Å². The Kier molecular flexibility index (Phi) is 4.54. The summed E-state index contributed by atoms with van der Waals surface area (Å²) in [6, 6.07) is 11.9. The Hall–Kier alpha value is -2.01. The highest BCUT2D eigenvalue weighted by Crippen LogP contribution is 2.35. The summed E-state index contributed by atoms with van der Waals surface area (Å²) >= 11 is 18.1. The van der Waals surface area contributed by atoms with E-state index in [-0.39, 0.29) is 21.4 Å². The third kappa shape index (κ3) is 3.00. The molecule has 1 N–H and O–H groups in total. The second kappa shape index (κ2) is 6.48. The topological polar surface area (TPSA) is 49.4 Å². The van der Waals surface area contributed by atoms with Crippen molar-refractivity contribution in [3.8, 4) is 0 Å². The van der Waals surface area contributed by atoms with Gasteiger partial charge in [-0.15, -0.1) is 0 Å². The fraction of sp³-hybridized carbons (Fsp3) is 0.0588. The van der Waals surface area contributed by atoms with Crippen LogP contribution in [0.25, 0.3) is 0 Å². The molecule has 2 aromatic carbocycles. The Labute approximate surface area is 153 Å². The van der Waals surface area contributed by atoms with Gasteiger partial charge in [-0.25, -0.2) is 4.90 Å². The number of carbonyl (C=O) groups is 2. The van der Waals surface area contributed by atoms with Crippen molar-refractivity contribution in [2.24, 2.45) is 0 Å². The number of hydrogen-bond donors (Lipinski definition) is 1. The summed E-state index contributed by atoms with van der Waals surface area (Å²) in [7, 11) is 0. The van der Waals surface area contributed by atoms with E-state index in [1.54, 1.807) is 12.1 Å². The van der Waals surface area contributed by atoms with Crippen molar-refractivity contribution in [3.05, 3.63) is 68.8 Å². The zero-order chi connectivity index (χ0) is 17.4. The van der Waals surface area contributed by atoms with E-state index in [9.17, 15) is 9.59 Å². The van der Waals surface area contributed by atoms with Gasteiger partial charge in [0.25, 0.3) is 11.8 Å². The average molecular weight is 382 g/mol. The Morgan fingerprint density at radius 2 is 1.71 bits per heavy atom. The highest BCUT2D eigenvalue weighted by Gasteiger charge is 2.39. The van der Waals surface area contributed by atoms with E-state index in [0.29, 0.717) is 10.7 Å². The van der Waals surface area contributed by atoms with Crippen molar-refractivity contribution in [2.45, 2.75) is 6.92 Å². The molecule has 0 saturated carbocycles. The molecular formula is C17H11Cl3N2O2. The molecule has 3 rings (SSSR count). The zero-order valence-electron chi connectivity index (χ0n) is 12.4. The Morgan fingerprint density at radius 3 is 2.42 bits per heavy atom. The molecule has 0 radical (unpaired) electrons.